The van der Waals surface area contributed by atoms with Crippen molar-refractivity contribution in [3.63, 3.8) is 0 Å². The van der Waals surface area contributed by atoms with Crippen molar-refractivity contribution < 1.29 is 18.0 Å². The van der Waals surface area contributed by atoms with E-state index in [-0.39, 0.29) is 5.91 Å². The number of carbonyl (C=O) groups excluding carboxylic acids is 1. The van der Waals surface area contributed by atoms with Crippen molar-refractivity contribution in [2.45, 2.75) is 6.18 Å². The third-order valence-corrected chi connectivity index (χ3v) is 4.85. The number of aromatic nitrogens is 3. The van der Waals surface area contributed by atoms with Crippen LogP contribution in [-0.2, 0) is 11.0 Å². The van der Waals surface area contributed by atoms with E-state index in [2.05, 4.69) is 15.0 Å². The monoisotopic (exact) mass is 413 g/mol. The standard InChI is InChI=1S/C21H18F3N5O/c22-21(23,24)15-5-7-19(26-13-15)28-9-11-29(12-10-28)20(30)8-6-16-14-25-17-3-1-2-4-18(17)27-16/h1-8,13-14H,9-12H2/b8-6+. The Morgan fingerprint density at radius 1 is 0.933 bits per heavy atom. The number of nitrogens with zero attached hydrogens (tertiary/aromatic N) is 5. The van der Waals surface area contributed by atoms with E-state index >= 15 is 0 Å². The number of carbonyl (C=O) groups is 1. The van der Waals surface area contributed by atoms with Crippen LogP contribution in [-0.4, -0.2) is 51.9 Å². The minimum Gasteiger partial charge on any atom is -0.353 e. The van der Waals surface area contributed by atoms with Crippen molar-refractivity contribution in [2.75, 3.05) is 31.1 Å². The molecule has 4 rings (SSSR count). The maximum absolute atomic E-state index is 12.7. The third kappa shape index (κ3) is 4.40. The zero-order valence-electron chi connectivity index (χ0n) is 15.9. The number of pyridine rings is 1. The van der Waals surface area contributed by atoms with Crippen LogP contribution in [0.1, 0.15) is 11.3 Å². The molecule has 0 aliphatic carbocycles. The molecule has 3 heterocycles. The van der Waals surface area contributed by atoms with Crippen LogP contribution in [0.5, 0.6) is 0 Å². The largest absolute Gasteiger partial charge is 0.417 e. The molecule has 6 nitrogen and oxygen atoms in total. The van der Waals surface area contributed by atoms with E-state index < -0.39 is 11.7 Å². The molecular formula is C21H18F3N5O. The van der Waals surface area contributed by atoms with Gasteiger partial charge in [0, 0.05) is 38.5 Å². The Morgan fingerprint density at radius 3 is 2.33 bits per heavy atom. The normalized spacial score (nSPS) is 15.2. The summed E-state index contributed by atoms with van der Waals surface area (Å²) < 4.78 is 38.0. The van der Waals surface area contributed by atoms with Crippen molar-refractivity contribution in [3.05, 3.63) is 66.1 Å². The minimum atomic E-state index is -4.40. The molecule has 154 valence electrons. The van der Waals surface area contributed by atoms with Gasteiger partial charge in [-0.15, -0.1) is 0 Å². The highest BCUT2D eigenvalue weighted by Gasteiger charge is 2.31. The average molecular weight is 413 g/mol. The van der Waals surface area contributed by atoms with E-state index in [1.54, 1.807) is 17.2 Å². The molecule has 3 aromatic rings. The van der Waals surface area contributed by atoms with Crippen molar-refractivity contribution in [1.82, 2.24) is 19.9 Å². The van der Waals surface area contributed by atoms with Gasteiger partial charge in [0.05, 0.1) is 28.5 Å². The highest BCUT2D eigenvalue weighted by atomic mass is 19.4. The second-order valence-electron chi connectivity index (χ2n) is 6.83. The first kappa shape index (κ1) is 19.8. The predicted octanol–water partition coefficient (Wildman–Crippen LogP) is 3.41. The van der Waals surface area contributed by atoms with Crippen LogP contribution in [0.3, 0.4) is 0 Å². The van der Waals surface area contributed by atoms with Gasteiger partial charge in [0.25, 0.3) is 0 Å². The summed E-state index contributed by atoms with van der Waals surface area (Å²) in [6.07, 6.45) is 1.13. The fourth-order valence-corrected chi connectivity index (χ4v) is 3.21. The van der Waals surface area contributed by atoms with E-state index in [1.807, 2.05) is 29.2 Å². The van der Waals surface area contributed by atoms with Crippen LogP contribution < -0.4 is 4.90 Å². The summed E-state index contributed by atoms with van der Waals surface area (Å²) in [5.41, 5.74) is 1.36. The van der Waals surface area contributed by atoms with E-state index in [0.29, 0.717) is 37.7 Å². The Kier molecular flexibility index (Phi) is 5.35. The maximum atomic E-state index is 12.7. The fraction of sp³-hybridized carbons (Fsp3) is 0.238. The summed E-state index contributed by atoms with van der Waals surface area (Å²) in [5, 5.41) is 0. The zero-order valence-corrected chi connectivity index (χ0v) is 15.9. The molecule has 30 heavy (non-hydrogen) atoms. The van der Waals surface area contributed by atoms with Crippen LogP contribution in [0.15, 0.2) is 54.9 Å². The van der Waals surface area contributed by atoms with E-state index in [1.165, 1.54) is 12.1 Å². The van der Waals surface area contributed by atoms with Crippen LogP contribution in [0, 0.1) is 0 Å². The molecule has 1 saturated heterocycles. The number of amides is 1. The highest BCUT2D eigenvalue weighted by Crippen LogP contribution is 2.29. The molecule has 0 unspecified atom stereocenters. The van der Waals surface area contributed by atoms with Gasteiger partial charge in [-0.2, -0.15) is 13.2 Å². The predicted molar refractivity (Wildman–Crippen MR) is 107 cm³/mol. The molecule has 9 heteroatoms. The molecule has 1 aliphatic heterocycles. The molecule has 1 aromatic carbocycles. The van der Waals surface area contributed by atoms with Gasteiger partial charge in [-0.05, 0) is 30.3 Å². The molecule has 1 aliphatic rings. The molecule has 0 bridgehead atoms. The Bertz CT molecular complexity index is 1070. The fourth-order valence-electron chi connectivity index (χ4n) is 3.21. The van der Waals surface area contributed by atoms with Crippen molar-refractivity contribution in [1.29, 1.82) is 0 Å². The van der Waals surface area contributed by atoms with Gasteiger partial charge in [0.2, 0.25) is 5.91 Å². The van der Waals surface area contributed by atoms with Crippen molar-refractivity contribution in [2.24, 2.45) is 0 Å². The number of halogens is 3. The molecule has 2 aromatic heterocycles. The third-order valence-electron chi connectivity index (χ3n) is 4.85. The molecule has 0 atom stereocenters. The molecule has 0 N–H and O–H groups in total. The lowest BCUT2D eigenvalue weighted by Gasteiger charge is -2.35. The van der Waals surface area contributed by atoms with Gasteiger partial charge < -0.3 is 9.80 Å². The lowest BCUT2D eigenvalue weighted by atomic mass is 10.2. The summed E-state index contributed by atoms with van der Waals surface area (Å²) in [4.78, 5) is 28.7. The molecular weight excluding hydrogens is 395 g/mol. The zero-order chi connectivity index (χ0) is 21.1. The van der Waals surface area contributed by atoms with E-state index in [4.69, 9.17) is 0 Å². The number of para-hydroxylation sites is 2. The summed E-state index contributed by atoms with van der Waals surface area (Å²) in [6, 6.07) is 9.87. The van der Waals surface area contributed by atoms with Gasteiger partial charge in [0.1, 0.15) is 5.82 Å². The number of hydrogen-bond donors (Lipinski definition) is 0. The Hall–Kier alpha value is -3.49. The highest BCUT2D eigenvalue weighted by molar-refractivity contribution is 5.92. The first-order chi connectivity index (χ1) is 14.4. The topological polar surface area (TPSA) is 62.2 Å². The summed E-state index contributed by atoms with van der Waals surface area (Å²) in [5.74, 6) is 0.321. The lowest BCUT2D eigenvalue weighted by Crippen LogP contribution is -2.48. The van der Waals surface area contributed by atoms with Crippen molar-refractivity contribution >= 4 is 28.8 Å². The number of anilines is 1. The van der Waals surface area contributed by atoms with Crippen molar-refractivity contribution in [3.8, 4) is 0 Å². The number of alkyl halides is 3. The number of hydrogen-bond acceptors (Lipinski definition) is 5. The summed E-state index contributed by atoms with van der Waals surface area (Å²) in [7, 11) is 0. The number of piperazine rings is 1. The minimum absolute atomic E-state index is 0.148. The van der Waals surface area contributed by atoms with Gasteiger partial charge in [-0.3, -0.25) is 9.78 Å². The second kappa shape index (κ2) is 8.10. The number of fused-ring (bicyclic) bond motifs is 1. The molecule has 0 radical (unpaired) electrons. The Balaban J connectivity index is 1.35. The van der Waals surface area contributed by atoms with Crippen LogP contribution in [0.25, 0.3) is 17.1 Å². The quantitative estimate of drug-likeness (QED) is 0.616. The smallest absolute Gasteiger partial charge is 0.353 e. The molecule has 0 saturated carbocycles. The number of benzene rings is 1. The van der Waals surface area contributed by atoms with Gasteiger partial charge in [-0.25, -0.2) is 9.97 Å². The van der Waals surface area contributed by atoms with Crippen LogP contribution >= 0.6 is 0 Å². The molecule has 1 amide bonds. The first-order valence-electron chi connectivity index (χ1n) is 9.37. The Morgan fingerprint density at radius 2 is 1.67 bits per heavy atom. The first-order valence-corrected chi connectivity index (χ1v) is 9.37. The summed E-state index contributed by atoms with van der Waals surface area (Å²) >= 11 is 0. The van der Waals surface area contributed by atoms with Crippen LogP contribution in [0.2, 0.25) is 0 Å². The van der Waals surface area contributed by atoms with E-state index in [9.17, 15) is 18.0 Å². The van der Waals surface area contributed by atoms with Crippen LogP contribution in [0.4, 0.5) is 19.0 Å². The number of rotatable bonds is 3. The van der Waals surface area contributed by atoms with Gasteiger partial charge >= 0.3 is 6.18 Å². The van der Waals surface area contributed by atoms with Gasteiger partial charge in [-0.1, -0.05) is 12.1 Å². The Labute approximate surface area is 170 Å². The van der Waals surface area contributed by atoms with E-state index in [0.717, 1.165) is 23.3 Å². The lowest BCUT2D eigenvalue weighted by molar-refractivity contribution is -0.137. The van der Waals surface area contributed by atoms with Gasteiger partial charge in [0.15, 0.2) is 0 Å². The maximum Gasteiger partial charge on any atom is 0.417 e. The molecule has 1 fully saturated rings. The second-order valence-corrected chi connectivity index (χ2v) is 6.83. The molecule has 0 spiro atoms. The average Bonchev–Trinajstić information content (AvgIpc) is 2.77. The summed E-state index contributed by atoms with van der Waals surface area (Å²) in [6.45, 7) is 1.89. The SMILES string of the molecule is O=C(/C=C/c1cnc2ccccc2n1)N1CCN(c2ccc(C(F)(F)F)cn2)CC1.